The van der Waals surface area contributed by atoms with Crippen LogP contribution in [0, 0.1) is 6.92 Å². The number of aryl methyl sites for hydroxylation is 1. The van der Waals surface area contributed by atoms with E-state index in [9.17, 15) is 0 Å². The Kier molecular flexibility index (Phi) is 5.29. The topological polar surface area (TPSA) is 42.1 Å². The summed E-state index contributed by atoms with van der Waals surface area (Å²) in [5, 5.41) is 0. The van der Waals surface area contributed by atoms with Gasteiger partial charge in [0.05, 0.1) is 0 Å². The molecule has 1 unspecified atom stereocenters. The Hall–Kier alpha value is -1.23. The van der Waals surface area contributed by atoms with Gasteiger partial charge in [-0.3, -0.25) is 9.88 Å². The molecule has 106 valence electrons. The van der Waals surface area contributed by atoms with Crippen LogP contribution in [0.25, 0.3) is 0 Å². The summed E-state index contributed by atoms with van der Waals surface area (Å²) in [4.78, 5) is 6.32. The summed E-state index contributed by atoms with van der Waals surface area (Å²) in [5.41, 5.74) is 9.72. The van der Waals surface area contributed by atoms with Crippen molar-refractivity contribution in [3.63, 3.8) is 0 Å². The number of nitrogens with zero attached hydrogens (tertiary/aromatic N) is 2. The van der Waals surface area contributed by atoms with Crippen molar-refractivity contribution in [1.29, 1.82) is 0 Å². The molecule has 0 spiro atoms. The van der Waals surface area contributed by atoms with Crippen LogP contribution in [0.2, 0.25) is 0 Å². The molecule has 1 aromatic heterocycles. The number of hydrogen-bond donors (Lipinski definition) is 1. The van der Waals surface area contributed by atoms with E-state index >= 15 is 0 Å². The molecule has 0 saturated carbocycles. The number of halogens is 1. The maximum atomic E-state index is 5.98. The molecule has 1 heterocycles. The van der Waals surface area contributed by atoms with E-state index in [2.05, 4.69) is 58.0 Å². The van der Waals surface area contributed by atoms with Crippen LogP contribution in [0.1, 0.15) is 22.7 Å². The first-order valence-electron chi connectivity index (χ1n) is 6.67. The van der Waals surface area contributed by atoms with Crippen molar-refractivity contribution in [2.45, 2.75) is 19.5 Å². The Bertz CT molecular complexity index is 557. The number of likely N-dealkylation sites (N-methyl/N-ethyl adjacent to an activating group) is 1. The zero-order valence-electron chi connectivity index (χ0n) is 11.9. The smallest absolute Gasteiger partial charge is 0.0471 e. The third-order valence-corrected chi connectivity index (χ3v) is 4.39. The number of hydrogen-bond acceptors (Lipinski definition) is 3. The van der Waals surface area contributed by atoms with Gasteiger partial charge in [-0.05, 0) is 48.9 Å². The molecule has 4 heteroatoms. The maximum Gasteiger partial charge on any atom is 0.0471 e. The second kappa shape index (κ2) is 6.97. The van der Waals surface area contributed by atoms with Crippen LogP contribution in [0.15, 0.2) is 47.2 Å². The molecule has 0 aliphatic rings. The first-order chi connectivity index (χ1) is 9.61. The van der Waals surface area contributed by atoms with E-state index in [1.807, 2.05) is 24.5 Å². The predicted octanol–water partition coefficient (Wildman–Crippen LogP) is 3.28. The Labute approximate surface area is 129 Å². The molecule has 2 N–H and O–H groups in total. The van der Waals surface area contributed by atoms with Gasteiger partial charge in [0.2, 0.25) is 0 Å². The van der Waals surface area contributed by atoms with Crippen molar-refractivity contribution in [2.75, 3.05) is 13.6 Å². The summed E-state index contributed by atoms with van der Waals surface area (Å²) < 4.78 is 1.13. The number of pyridine rings is 1. The molecule has 0 fully saturated rings. The summed E-state index contributed by atoms with van der Waals surface area (Å²) in [6.07, 6.45) is 3.65. The summed E-state index contributed by atoms with van der Waals surface area (Å²) >= 11 is 3.54. The fourth-order valence-corrected chi connectivity index (χ4v) is 2.58. The second-order valence-corrected chi connectivity index (χ2v) is 5.89. The van der Waals surface area contributed by atoms with Gasteiger partial charge < -0.3 is 5.73 Å². The minimum atomic E-state index is 0.218. The molecule has 0 bridgehead atoms. The normalized spacial score (nSPS) is 12.7. The van der Waals surface area contributed by atoms with Gasteiger partial charge >= 0.3 is 0 Å². The van der Waals surface area contributed by atoms with E-state index in [0.29, 0.717) is 6.54 Å². The second-order valence-electron chi connectivity index (χ2n) is 5.03. The van der Waals surface area contributed by atoms with Gasteiger partial charge in [-0.25, -0.2) is 0 Å². The molecule has 0 aliphatic heterocycles. The minimum Gasteiger partial charge on any atom is -0.329 e. The van der Waals surface area contributed by atoms with Gasteiger partial charge in [0, 0.05) is 36.0 Å². The Balaban J connectivity index is 2.16. The number of nitrogens with two attached hydrogens (primary N) is 1. The van der Waals surface area contributed by atoms with Crippen LogP contribution < -0.4 is 5.73 Å². The number of benzene rings is 1. The largest absolute Gasteiger partial charge is 0.329 e. The number of aromatic nitrogens is 1. The Morgan fingerprint density at radius 2 is 1.95 bits per heavy atom. The van der Waals surface area contributed by atoms with Crippen LogP contribution in [-0.4, -0.2) is 23.5 Å². The van der Waals surface area contributed by atoms with Gasteiger partial charge in [-0.1, -0.05) is 28.1 Å². The summed E-state index contributed by atoms with van der Waals surface area (Å²) in [6, 6.07) is 10.7. The molecule has 2 rings (SSSR count). The van der Waals surface area contributed by atoms with E-state index in [1.54, 1.807) is 0 Å². The van der Waals surface area contributed by atoms with Gasteiger partial charge in [0.25, 0.3) is 0 Å². The molecule has 3 nitrogen and oxygen atoms in total. The van der Waals surface area contributed by atoms with E-state index in [-0.39, 0.29) is 6.04 Å². The molecular weight excluding hydrogens is 314 g/mol. The standard InChI is InChI=1S/C16H20BrN3/c1-12-9-14(3-4-15(12)17)16(10-18)20(2)11-13-5-7-19-8-6-13/h3-9,16H,10-11,18H2,1-2H3. The monoisotopic (exact) mass is 333 g/mol. The average Bonchev–Trinajstić information content (AvgIpc) is 2.44. The van der Waals surface area contributed by atoms with Crippen molar-refractivity contribution in [1.82, 2.24) is 9.88 Å². The van der Waals surface area contributed by atoms with E-state index < -0.39 is 0 Å². The third kappa shape index (κ3) is 3.66. The van der Waals surface area contributed by atoms with E-state index in [1.165, 1.54) is 16.7 Å². The molecule has 20 heavy (non-hydrogen) atoms. The molecule has 0 radical (unpaired) electrons. The quantitative estimate of drug-likeness (QED) is 0.912. The van der Waals surface area contributed by atoms with Crippen molar-refractivity contribution in [3.05, 3.63) is 63.9 Å². The highest BCUT2D eigenvalue weighted by Crippen LogP contribution is 2.25. The fraction of sp³-hybridized carbons (Fsp3) is 0.312. The highest BCUT2D eigenvalue weighted by atomic mass is 79.9. The summed E-state index contributed by atoms with van der Waals surface area (Å²) in [7, 11) is 2.11. The highest BCUT2D eigenvalue weighted by molar-refractivity contribution is 9.10. The molecular formula is C16H20BrN3. The van der Waals surface area contributed by atoms with E-state index in [0.717, 1.165) is 11.0 Å². The van der Waals surface area contributed by atoms with Crippen LogP contribution >= 0.6 is 15.9 Å². The van der Waals surface area contributed by atoms with Gasteiger partial charge in [-0.15, -0.1) is 0 Å². The highest BCUT2D eigenvalue weighted by Gasteiger charge is 2.16. The number of rotatable bonds is 5. The zero-order chi connectivity index (χ0) is 14.5. The average molecular weight is 334 g/mol. The van der Waals surface area contributed by atoms with Crippen molar-refractivity contribution >= 4 is 15.9 Å². The first-order valence-corrected chi connectivity index (χ1v) is 7.46. The van der Waals surface area contributed by atoms with E-state index in [4.69, 9.17) is 5.73 Å². The molecule has 2 aromatic rings. The van der Waals surface area contributed by atoms with Crippen LogP contribution in [0.5, 0.6) is 0 Å². The molecule has 0 aliphatic carbocycles. The lowest BCUT2D eigenvalue weighted by molar-refractivity contribution is 0.241. The molecule has 0 amide bonds. The van der Waals surface area contributed by atoms with Gasteiger partial charge in [-0.2, -0.15) is 0 Å². The van der Waals surface area contributed by atoms with Gasteiger partial charge in [0.15, 0.2) is 0 Å². The molecule has 0 saturated heterocycles. The summed E-state index contributed by atoms with van der Waals surface area (Å²) in [6.45, 7) is 3.56. The molecule has 1 aromatic carbocycles. The van der Waals surface area contributed by atoms with Gasteiger partial charge in [0.1, 0.15) is 0 Å². The third-order valence-electron chi connectivity index (χ3n) is 3.50. The minimum absolute atomic E-state index is 0.218. The summed E-state index contributed by atoms with van der Waals surface area (Å²) in [5.74, 6) is 0. The zero-order valence-corrected chi connectivity index (χ0v) is 13.5. The first kappa shape index (κ1) is 15.2. The Morgan fingerprint density at radius 1 is 1.25 bits per heavy atom. The lowest BCUT2D eigenvalue weighted by Crippen LogP contribution is -2.30. The van der Waals surface area contributed by atoms with Crippen molar-refractivity contribution in [3.8, 4) is 0 Å². The molecule has 1 atom stereocenters. The lowest BCUT2D eigenvalue weighted by Gasteiger charge is -2.27. The fourth-order valence-electron chi connectivity index (χ4n) is 2.33. The van der Waals surface area contributed by atoms with Crippen LogP contribution in [-0.2, 0) is 6.54 Å². The maximum absolute atomic E-state index is 5.98. The van der Waals surface area contributed by atoms with Crippen LogP contribution in [0.3, 0.4) is 0 Å². The lowest BCUT2D eigenvalue weighted by atomic mass is 10.0. The van der Waals surface area contributed by atoms with Crippen molar-refractivity contribution < 1.29 is 0 Å². The van der Waals surface area contributed by atoms with Crippen molar-refractivity contribution in [2.24, 2.45) is 5.73 Å². The SMILES string of the molecule is Cc1cc(C(CN)N(C)Cc2ccncc2)ccc1Br. The Morgan fingerprint density at radius 3 is 2.55 bits per heavy atom. The predicted molar refractivity (Wildman–Crippen MR) is 86.4 cm³/mol. The van der Waals surface area contributed by atoms with Crippen LogP contribution in [0.4, 0.5) is 0 Å².